The molecule has 0 aromatic heterocycles. The van der Waals surface area contributed by atoms with E-state index in [-0.39, 0.29) is 7.43 Å². The molecule has 0 saturated carbocycles. The lowest BCUT2D eigenvalue weighted by molar-refractivity contribution is 0.220. The molecule has 0 heterocycles. The average Bonchev–Trinajstić information content (AvgIpc) is 3.31. The van der Waals surface area contributed by atoms with Crippen LogP contribution in [0.5, 0.6) is 0 Å². The molecule has 0 aliphatic heterocycles. The Kier molecular flexibility index (Phi) is 65.4. The highest BCUT2D eigenvalue weighted by Gasteiger charge is 2.10. The van der Waals surface area contributed by atoms with Crippen molar-refractivity contribution in [3.63, 3.8) is 0 Å². The minimum atomic E-state index is 0. The van der Waals surface area contributed by atoms with Gasteiger partial charge in [-0.1, -0.05) is 202 Å². The van der Waals surface area contributed by atoms with Crippen LogP contribution in [0.25, 0.3) is 0 Å². The van der Waals surface area contributed by atoms with Crippen LogP contribution >= 0.6 is 0 Å². The standard InChI is InChI=1S/C31H68N4.C25H56N4.CH4/c1-3-5-7-8-9-10-11-12-13-14-15-16-17-18-19-20-27-35(29-22-25-33)31-23-30-34(26-6-4-2)28-21-24-32;1-3-5-7-8-9-10-11-12-13-14-21-29(23-16-19-27)25-17-24-28(20-6-4-2)22-15-18-26;/h3-33H2,1-2H3;3-27H2,1-2H3;1H4. The van der Waals surface area contributed by atoms with Gasteiger partial charge in [0, 0.05) is 0 Å². The van der Waals surface area contributed by atoms with Crippen LogP contribution in [0.15, 0.2) is 0 Å². The van der Waals surface area contributed by atoms with Crippen LogP contribution in [0.2, 0.25) is 0 Å². The fourth-order valence-electron chi connectivity index (χ4n) is 9.11. The SMILES string of the molecule is C.CCCCCCCCCCCCCCCCCCN(CCCN)CCCN(CCCC)CCCN.CCCCCCCCCCCCN(CCCN)CCCN(CCCC)CCCN. The zero-order chi connectivity index (χ0) is 47.1. The van der Waals surface area contributed by atoms with Crippen LogP contribution < -0.4 is 22.9 Å². The third kappa shape index (κ3) is 56.2. The van der Waals surface area contributed by atoms with Crippen molar-refractivity contribution in [2.45, 2.75) is 266 Å². The lowest BCUT2D eigenvalue weighted by Gasteiger charge is -2.26. The van der Waals surface area contributed by atoms with Gasteiger partial charge in [0.1, 0.15) is 0 Å². The molecule has 0 fully saturated rings. The molecule has 0 saturated heterocycles. The summed E-state index contributed by atoms with van der Waals surface area (Å²) in [6, 6.07) is 0. The molecule has 65 heavy (non-hydrogen) atoms. The minimum absolute atomic E-state index is 0. The first-order valence-corrected chi connectivity index (χ1v) is 29.3. The lowest BCUT2D eigenvalue weighted by atomic mass is 10.0. The monoisotopic (exact) mass is 925 g/mol. The summed E-state index contributed by atoms with van der Waals surface area (Å²) in [5, 5.41) is 0. The molecule has 8 heteroatoms. The van der Waals surface area contributed by atoms with Crippen molar-refractivity contribution in [3.05, 3.63) is 0 Å². The third-order valence-corrected chi connectivity index (χ3v) is 13.4. The van der Waals surface area contributed by atoms with Crippen molar-refractivity contribution in [3.8, 4) is 0 Å². The molecule has 0 aliphatic carbocycles. The van der Waals surface area contributed by atoms with Crippen molar-refractivity contribution in [1.29, 1.82) is 0 Å². The summed E-state index contributed by atoms with van der Waals surface area (Å²) in [6.07, 6.45) is 49.4. The summed E-state index contributed by atoms with van der Waals surface area (Å²) in [5.41, 5.74) is 23.0. The third-order valence-electron chi connectivity index (χ3n) is 13.4. The van der Waals surface area contributed by atoms with E-state index in [0.717, 1.165) is 58.4 Å². The molecule has 0 atom stereocenters. The summed E-state index contributed by atoms with van der Waals surface area (Å²) < 4.78 is 0. The Balaban J connectivity index is -0.00000118. The van der Waals surface area contributed by atoms with E-state index < -0.39 is 0 Å². The van der Waals surface area contributed by atoms with Crippen LogP contribution in [0.1, 0.15) is 266 Å². The van der Waals surface area contributed by atoms with E-state index in [1.165, 1.54) is 277 Å². The van der Waals surface area contributed by atoms with E-state index in [0.29, 0.717) is 0 Å². The molecule has 0 bridgehead atoms. The zero-order valence-electron chi connectivity index (χ0n) is 44.9. The molecular weight excluding hydrogens is 797 g/mol. The number of unbranched alkanes of at least 4 members (excludes halogenated alkanes) is 26. The smallest absolute Gasteiger partial charge is 0.000654 e. The van der Waals surface area contributed by atoms with Gasteiger partial charge < -0.3 is 42.5 Å². The molecule has 0 aromatic carbocycles. The van der Waals surface area contributed by atoms with Crippen molar-refractivity contribution in [1.82, 2.24) is 19.6 Å². The van der Waals surface area contributed by atoms with E-state index >= 15 is 0 Å². The van der Waals surface area contributed by atoms with Crippen molar-refractivity contribution in [2.24, 2.45) is 22.9 Å². The topological polar surface area (TPSA) is 117 Å². The van der Waals surface area contributed by atoms with Crippen molar-refractivity contribution >= 4 is 0 Å². The number of nitrogens with zero attached hydrogens (tertiary/aromatic N) is 4. The van der Waals surface area contributed by atoms with Gasteiger partial charge in [-0.3, -0.25) is 0 Å². The first-order valence-electron chi connectivity index (χ1n) is 29.3. The normalized spacial score (nSPS) is 11.6. The van der Waals surface area contributed by atoms with E-state index in [2.05, 4.69) is 47.3 Å². The molecule has 0 amide bonds. The van der Waals surface area contributed by atoms with Gasteiger partial charge in [0.2, 0.25) is 0 Å². The lowest BCUT2D eigenvalue weighted by Crippen LogP contribution is -2.33. The molecule has 0 unspecified atom stereocenters. The van der Waals surface area contributed by atoms with Crippen molar-refractivity contribution in [2.75, 3.05) is 105 Å². The fraction of sp³-hybridized carbons (Fsp3) is 1.00. The number of hydrogen-bond donors (Lipinski definition) is 4. The van der Waals surface area contributed by atoms with Gasteiger partial charge in [-0.05, 0) is 169 Å². The Hall–Kier alpha value is -0.320. The van der Waals surface area contributed by atoms with Crippen LogP contribution in [-0.4, -0.2) is 124 Å². The maximum absolute atomic E-state index is 5.81. The predicted octanol–water partition coefficient (Wildman–Crippen LogP) is 13.8. The number of nitrogens with two attached hydrogens (primary N) is 4. The second-order valence-electron chi connectivity index (χ2n) is 19.8. The molecule has 8 N–H and O–H groups in total. The van der Waals surface area contributed by atoms with Gasteiger partial charge in [0.25, 0.3) is 0 Å². The molecule has 0 radical (unpaired) electrons. The first kappa shape index (κ1) is 68.9. The fourth-order valence-corrected chi connectivity index (χ4v) is 9.11. The number of hydrogen-bond acceptors (Lipinski definition) is 8. The summed E-state index contributed by atoms with van der Waals surface area (Å²) in [7, 11) is 0. The first-order chi connectivity index (χ1) is 31.6. The van der Waals surface area contributed by atoms with E-state index in [9.17, 15) is 0 Å². The summed E-state index contributed by atoms with van der Waals surface area (Å²) in [5.74, 6) is 0. The molecule has 8 nitrogen and oxygen atoms in total. The zero-order valence-corrected chi connectivity index (χ0v) is 44.9. The highest BCUT2D eigenvalue weighted by Crippen LogP contribution is 2.15. The second kappa shape index (κ2) is 61.7. The molecule has 0 spiro atoms. The summed E-state index contributed by atoms with van der Waals surface area (Å²) >= 11 is 0. The molecule has 0 rings (SSSR count). The Morgan fingerprint density at radius 2 is 0.338 bits per heavy atom. The largest absolute Gasteiger partial charge is 0.330 e. The van der Waals surface area contributed by atoms with E-state index in [4.69, 9.17) is 22.9 Å². The van der Waals surface area contributed by atoms with Gasteiger partial charge in [-0.15, -0.1) is 0 Å². The predicted molar refractivity (Wildman–Crippen MR) is 298 cm³/mol. The Morgan fingerprint density at radius 3 is 0.538 bits per heavy atom. The van der Waals surface area contributed by atoms with Crippen LogP contribution in [0.4, 0.5) is 0 Å². The average molecular weight is 926 g/mol. The van der Waals surface area contributed by atoms with Gasteiger partial charge in [-0.25, -0.2) is 0 Å². The maximum atomic E-state index is 5.81. The molecule has 0 aromatic rings. The van der Waals surface area contributed by atoms with Crippen LogP contribution in [0.3, 0.4) is 0 Å². The molecule has 396 valence electrons. The van der Waals surface area contributed by atoms with Gasteiger partial charge in [0.15, 0.2) is 0 Å². The molecule has 0 aliphatic rings. The highest BCUT2D eigenvalue weighted by atomic mass is 15.2. The van der Waals surface area contributed by atoms with Crippen LogP contribution in [0, 0.1) is 0 Å². The quantitative estimate of drug-likeness (QED) is 0.0446. The highest BCUT2D eigenvalue weighted by molar-refractivity contribution is 4.66. The van der Waals surface area contributed by atoms with Gasteiger partial charge >= 0.3 is 0 Å². The van der Waals surface area contributed by atoms with Gasteiger partial charge in [-0.2, -0.15) is 0 Å². The summed E-state index contributed by atoms with van der Waals surface area (Å²) in [6.45, 7) is 27.0. The van der Waals surface area contributed by atoms with E-state index in [1.807, 2.05) is 0 Å². The molecular formula is C57H128N8. The van der Waals surface area contributed by atoms with Crippen LogP contribution in [-0.2, 0) is 0 Å². The Labute approximate surface area is 412 Å². The number of rotatable bonds is 54. The van der Waals surface area contributed by atoms with Gasteiger partial charge in [0.05, 0.1) is 0 Å². The second-order valence-corrected chi connectivity index (χ2v) is 19.8. The van der Waals surface area contributed by atoms with E-state index in [1.54, 1.807) is 0 Å². The minimum Gasteiger partial charge on any atom is -0.330 e. The van der Waals surface area contributed by atoms with Crippen molar-refractivity contribution < 1.29 is 0 Å². The maximum Gasteiger partial charge on any atom is -0.000654 e. The Bertz CT molecular complexity index is 787. The summed E-state index contributed by atoms with van der Waals surface area (Å²) in [4.78, 5) is 10.6. The Morgan fingerprint density at radius 1 is 0.185 bits per heavy atom.